The van der Waals surface area contributed by atoms with E-state index in [9.17, 15) is 6.85 Å². The molecule has 5 heteroatoms. The van der Waals surface area contributed by atoms with Gasteiger partial charge in [0.05, 0.1) is 33.2 Å². The summed E-state index contributed by atoms with van der Waals surface area (Å²) in [5.74, 6) is 0.851. The van der Waals surface area contributed by atoms with Crippen LogP contribution in [0.15, 0.2) is 206 Å². The first-order valence-electron chi connectivity index (χ1n) is 25.2. The van der Waals surface area contributed by atoms with Gasteiger partial charge in [0.1, 0.15) is 0 Å². The zero-order chi connectivity index (χ0) is 50.0. The highest BCUT2D eigenvalue weighted by atomic mass is 32.1. The minimum atomic E-state index is -0.704. The van der Waals surface area contributed by atoms with E-state index in [1.165, 1.54) is 4.57 Å². The van der Waals surface area contributed by atoms with Crippen molar-refractivity contribution in [1.29, 1.82) is 0 Å². The molecule has 0 saturated heterocycles. The molecule has 0 spiro atoms. The Balaban J connectivity index is 1.24. The molecule has 0 aliphatic carbocycles. The van der Waals surface area contributed by atoms with E-state index >= 15 is 0 Å². The van der Waals surface area contributed by atoms with E-state index in [0.29, 0.717) is 39.5 Å². The molecule has 280 valence electrons. The smallest absolute Gasteiger partial charge is 0.166 e. The molecule has 0 bridgehead atoms. The Morgan fingerprint density at radius 1 is 0.400 bits per heavy atom. The minimum Gasteiger partial charge on any atom is -0.308 e. The molecule has 0 saturated carbocycles. The van der Waals surface area contributed by atoms with Gasteiger partial charge in [0, 0.05) is 53.2 Å². The number of thiophene rings is 1. The summed E-state index contributed by atoms with van der Waals surface area (Å²) in [7, 11) is 0. The summed E-state index contributed by atoms with van der Waals surface area (Å²) in [5, 5.41) is 3.72. The summed E-state index contributed by atoms with van der Waals surface area (Å²) >= 11 is 1.65. The lowest BCUT2D eigenvalue weighted by molar-refractivity contribution is 1.07. The van der Waals surface area contributed by atoms with E-state index in [4.69, 9.17) is 24.5 Å². The van der Waals surface area contributed by atoms with E-state index < -0.39 is 83.6 Å². The maximum absolute atomic E-state index is 9.89. The van der Waals surface area contributed by atoms with Crippen LogP contribution in [0.1, 0.15) is 16.4 Å². The Morgan fingerprint density at radius 3 is 2.00 bits per heavy atom. The normalized spacial score (nSPS) is 14.5. The molecule has 0 N–H and O–H groups in total. The van der Waals surface area contributed by atoms with E-state index in [-0.39, 0.29) is 33.3 Å². The molecule has 0 aliphatic heterocycles. The first-order valence-corrected chi connectivity index (χ1v) is 20.0. The van der Waals surface area contributed by atoms with Crippen LogP contribution in [-0.4, -0.2) is 19.5 Å². The highest BCUT2D eigenvalue weighted by Crippen LogP contribution is 2.43. The third-order valence-corrected chi connectivity index (χ3v) is 11.9. The summed E-state index contributed by atoms with van der Waals surface area (Å²) in [6.45, 7) is 0. The average Bonchev–Trinajstić information content (AvgIpc) is 3.97. The third kappa shape index (κ3) is 5.70. The standard InChI is InChI=1S/C55H34N4S/c1-3-14-35(15-4-1)39-29-31-49-47(33-39)43-20-9-11-24-48(43)59(49)52-42(40-27-26-36-16-7-8-19-38(36)32-40)22-13-23-46(52)55-57-53(37-17-5-2-6-18-37)56-54(58-55)41-28-30-45-44-21-10-12-25-50(44)60-51(45)34-41/h1-34H/i1D,3D,4D,9D,11D,14D,15D,20D,24D,29D,31D,33D. The van der Waals surface area contributed by atoms with Crippen molar-refractivity contribution < 1.29 is 16.4 Å². The Kier molecular flexibility index (Phi) is 5.65. The van der Waals surface area contributed by atoms with Gasteiger partial charge in [0.2, 0.25) is 0 Å². The SMILES string of the molecule is [2H]c1c([2H])c([2H])c(-c2c([2H])c([2H])c3c(c2[2H])c2c([2H])c([2H])c([2H])c([2H])c2n3-c2c(-c3ccc4ccccc4c3)cccc2-c2nc(-c3ccccc3)nc(-c3ccc4c(c3)sc3ccccc34)n2)c([2H])c1[2H]. The number of nitrogens with zero attached hydrogens (tertiary/aromatic N) is 4. The zero-order valence-corrected chi connectivity index (χ0v) is 32.2. The number of aromatic nitrogens is 4. The van der Waals surface area contributed by atoms with Gasteiger partial charge in [-0.3, -0.25) is 0 Å². The van der Waals surface area contributed by atoms with Crippen LogP contribution in [0.4, 0.5) is 0 Å². The molecular formula is C55H34N4S. The lowest BCUT2D eigenvalue weighted by Crippen LogP contribution is -2.05. The molecule has 3 heterocycles. The van der Waals surface area contributed by atoms with Crippen LogP contribution in [0, 0.1) is 0 Å². The molecule has 0 radical (unpaired) electrons. The van der Waals surface area contributed by atoms with Gasteiger partial charge in [0.25, 0.3) is 0 Å². The summed E-state index contributed by atoms with van der Waals surface area (Å²) in [5.41, 5.74) is 1.99. The van der Waals surface area contributed by atoms with E-state index in [0.717, 1.165) is 30.9 Å². The fourth-order valence-electron chi connectivity index (χ4n) is 8.00. The Hall–Kier alpha value is -7.73. The van der Waals surface area contributed by atoms with Crippen LogP contribution in [0.2, 0.25) is 0 Å². The Bertz CT molecular complexity index is 4300. The number of para-hydroxylation sites is 2. The molecule has 3 aromatic heterocycles. The second-order valence-corrected chi connectivity index (χ2v) is 15.4. The van der Waals surface area contributed by atoms with Crippen molar-refractivity contribution in [3.05, 3.63) is 206 Å². The molecule has 60 heavy (non-hydrogen) atoms. The number of fused-ring (bicyclic) bond motifs is 7. The highest BCUT2D eigenvalue weighted by molar-refractivity contribution is 7.25. The first kappa shape index (κ1) is 24.3. The van der Waals surface area contributed by atoms with Gasteiger partial charge in [-0.05, 0) is 69.9 Å². The molecular weight excluding hydrogens is 749 g/mol. The van der Waals surface area contributed by atoms with E-state index in [2.05, 4.69) is 24.3 Å². The quantitative estimate of drug-likeness (QED) is 0.168. The van der Waals surface area contributed by atoms with E-state index in [1.807, 2.05) is 103 Å². The van der Waals surface area contributed by atoms with Crippen molar-refractivity contribution in [3.63, 3.8) is 0 Å². The van der Waals surface area contributed by atoms with Crippen LogP contribution in [0.5, 0.6) is 0 Å². The fourth-order valence-corrected chi connectivity index (χ4v) is 9.14. The lowest BCUT2D eigenvalue weighted by atomic mass is 9.96. The topological polar surface area (TPSA) is 43.6 Å². The maximum atomic E-state index is 9.89. The number of rotatable bonds is 6. The Morgan fingerprint density at radius 2 is 1.10 bits per heavy atom. The molecule has 0 fully saturated rings. The predicted octanol–water partition coefficient (Wildman–Crippen LogP) is 14.8. The predicted molar refractivity (Wildman–Crippen MR) is 252 cm³/mol. The summed E-state index contributed by atoms with van der Waals surface area (Å²) < 4.78 is 113. The molecule has 0 unspecified atom stereocenters. The van der Waals surface area contributed by atoms with Gasteiger partial charge in [-0.2, -0.15) is 0 Å². The second kappa shape index (κ2) is 14.0. The summed E-state index contributed by atoms with van der Waals surface area (Å²) in [6.07, 6.45) is 0. The number of hydrogen-bond acceptors (Lipinski definition) is 4. The molecule has 0 atom stereocenters. The molecule has 12 aromatic rings. The summed E-state index contributed by atoms with van der Waals surface area (Å²) in [4.78, 5) is 15.4. The van der Waals surface area contributed by atoms with Crippen molar-refractivity contribution in [3.8, 4) is 62.1 Å². The van der Waals surface area contributed by atoms with Gasteiger partial charge in [-0.1, -0.05) is 164 Å². The maximum Gasteiger partial charge on any atom is 0.166 e. The fraction of sp³-hybridized carbons (Fsp3) is 0. The van der Waals surface area contributed by atoms with Crippen molar-refractivity contribution in [1.82, 2.24) is 19.5 Å². The lowest BCUT2D eigenvalue weighted by Gasteiger charge is -2.19. The largest absolute Gasteiger partial charge is 0.308 e. The van der Waals surface area contributed by atoms with Crippen molar-refractivity contribution in [2.24, 2.45) is 0 Å². The third-order valence-electron chi connectivity index (χ3n) is 10.8. The van der Waals surface area contributed by atoms with Crippen LogP contribution >= 0.6 is 11.3 Å². The molecule has 0 aliphatic rings. The molecule has 4 nitrogen and oxygen atoms in total. The first-order chi connectivity index (χ1) is 34.7. The van der Waals surface area contributed by atoms with Crippen molar-refractivity contribution >= 4 is 64.1 Å². The Labute approximate surface area is 367 Å². The van der Waals surface area contributed by atoms with Crippen LogP contribution < -0.4 is 0 Å². The molecule has 9 aromatic carbocycles. The second-order valence-electron chi connectivity index (χ2n) is 14.3. The van der Waals surface area contributed by atoms with Gasteiger partial charge in [-0.25, -0.2) is 15.0 Å². The number of hydrogen-bond donors (Lipinski definition) is 0. The van der Waals surface area contributed by atoms with E-state index in [1.54, 1.807) is 17.4 Å². The summed E-state index contributed by atoms with van der Waals surface area (Å²) in [6, 6.07) is 35.3. The van der Waals surface area contributed by atoms with Crippen molar-refractivity contribution in [2.45, 2.75) is 0 Å². The molecule has 12 rings (SSSR count). The van der Waals surface area contributed by atoms with Crippen LogP contribution in [0.25, 0.3) is 115 Å². The highest BCUT2D eigenvalue weighted by Gasteiger charge is 2.23. The molecule has 0 amide bonds. The van der Waals surface area contributed by atoms with Gasteiger partial charge >= 0.3 is 0 Å². The zero-order valence-electron chi connectivity index (χ0n) is 43.4. The van der Waals surface area contributed by atoms with Gasteiger partial charge in [0.15, 0.2) is 17.5 Å². The van der Waals surface area contributed by atoms with Gasteiger partial charge in [-0.15, -0.1) is 11.3 Å². The van der Waals surface area contributed by atoms with Crippen molar-refractivity contribution in [2.75, 3.05) is 0 Å². The van der Waals surface area contributed by atoms with Crippen LogP contribution in [-0.2, 0) is 0 Å². The van der Waals surface area contributed by atoms with Gasteiger partial charge < -0.3 is 4.57 Å². The monoisotopic (exact) mass is 794 g/mol. The minimum absolute atomic E-state index is 0.127. The van der Waals surface area contributed by atoms with Crippen LogP contribution in [0.3, 0.4) is 0 Å². The average molecular weight is 795 g/mol. The number of benzene rings is 9.